The van der Waals surface area contributed by atoms with Gasteiger partial charge in [-0.05, 0) is 59.7 Å². The van der Waals surface area contributed by atoms with Crippen LogP contribution in [0.2, 0.25) is 0 Å². The van der Waals surface area contributed by atoms with Crippen LogP contribution in [0.3, 0.4) is 0 Å². The first-order valence-corrected chi connectivity index (χ1v) is 10.8. The third-order valence-corrected chi connectivity index (χ3v) is 5.59. The van der Waals surface area contributed by atoms with Crippen LogP contribution in [0.1, 0.15) is 35.6 Å². The summed E-state index contributed by atoms with van der Waals surface area (Å²) in [5, 5.41) is 0. The summed E-state index contributed by atoms with van der Waals surface area (Å²) >= 11 is 0. The van der Waals surface area contributed by atoms with Gasteiger partial charge < -0.3 is 0 Å². The molecule has 0 aliphatic carbocycles. The molecule has 3 rings (SSSR count). The van der Waals surface area contributed by atoms with Crippen molar-refractivity contribution >= 4 is 0 Å². The minimum Gasteiger partial charge on any atom is -0.230 e. The van der Waals surface area contributed by atoms with E-state index in [1.807, 2.05) is 24.3 Å². The summed E-state index contributed by atoms with van der Waals surface area (Å²) in [6.07, 6.45) is -7.82. The molecule has 0 N–H and O–H groups in total. The third kappa shape index (κ3) is 6.00. The van der Waals surface area contributed by atoms with Gasteiger partial charge in [0.05, 0.1) is 5.56 Å². The van der Waals surface area contributed by atoms with Crippen LogP contribution in [-0.4, -0.2) is 12.3 Å². The topological polar surface area (TPSA) is 0 Å². The van der Waals surface area contributed by atoms with Gasteiger partial charge in [-0.25, -0.2) is 17.6 Å². The maximum Gasteiger partial charge on any atom is 0.426 e. The Kier molecular flexibility index (Phi) is 7.87. The minimum absolute atomic E-state index is 0.255. The van der Waals surface area contributed by atoms with Gasteiger partial charge in [-0.2, -0.15) is 22.0 Å². The van der Waals surface area contributed by atoms with Gasteiger partial charge in [0.25, 0.3) is 6.17 Å². The second-order valence-corrected chi connectivity index (χ2v) is 8.22. The van der Waals surface area contributed by atoms with E-state index in [9.17, 15) is 39.5 Å². The van der Waals surface area contributed by atoms with Gasteiger partial charge in [0, 0.05) is 5.56 Å². The highest BCUT2D eigenvalue weighted by Crippen LogP contribution is 2.44. The van der Waals surface area contributed by atoms with E-state index >= 15 is 0 Å². The zero-order valence-electron chi connectivity index (χ0n) is 18.5. The molecule has 3 aromatic carbocycles. The van der Waals surface area contributed by atoms with Crippen LogP contribution < -0.4 is 0 Å². The highest BCUT2D eigenvalue weighted by atomic mass is 19.4. The highest BCUT2D eigenvalue weighted by molar-refractivity contribution is 5.65. The van der Waals surface area contributed by atoms with E-state index in [0.29, 0.717) is 18.4 Å². The summed E-state index contributed by atoms with van der Waals surface area (Å²) in [5.41, 5.74) is -0.433. The Morgan fingerprint density at radius 1 is 0.657 bits per heavy atom. The van der Waals surface area contributed by atoms with E-state index in [1.54, 1.807) is 0 Å². The summed E-state index contributed by atoms with van der Waals surface area (Å²) in [4.78, 5) is 0. The quantitative estimate of drug-likeness (QED) is 0.270. The van der Waals surface area contributed by atoms with Gasteiger partial charge in [0.15, 0.2) is 0 Å². The number of hydrogen-bond acceptors (Lipinski definition) is 0. The number of hydrogen-bond donors (Lipinski definition) is 0. The molecule has 188 valence electrons. The third-order valence-electron chi connectivity index (χ3n) is 5.59. The largest absolute Gasteiger partial charge is 0.426 e. The second-order valence-electron chi connectivity index (χ2n) is 8.22. The van der Waals surface area contributed by atoms with Crippen LogP contribution in [0.15, 0.2) is 54.6 Å². The Morgan fingerprint density at radius 3 is 1.63 bits per heavy atom. The van der Waals surface area contributed by atoms with Crippen LogP contribution in [0.25, 0.3) is 11.1 Å². The molecule has 0 bridgehead atoms. The monoisotopic (exact) mass is 504 g/mol. The fourth-order valence-corrected chi connectivity index (χ4v) is 3.78. The van der Waals surface area contributed by atoms with Crippen LogP contribution in [0.5, 0.6) is 0 Å². The van der Waals surface area contributed by atoms with Gasteiger partial charge in [0.2, 0.25) is 0 Å². The summed E-state index contributed by atoms with van der Waals surface area (Å²) in [5.74, 6) is -10.7. The van der Waals surface area contributed by atoms with Gasteiger partial charge in [-0.15, -0.1) is 0 Å². The van der Waals surface area contributed by atoms with Crippen molar-refractivity contribution in [2.45, 2.75) is 50.9 Å². The maximum absolute atomic E-state index is 14.7. The van der Waals surface area contributed by atoms with Crippen LogP contribution in [0.4, 0.5) is 39.5 Å². The number of aryl methyl sites for hydroxylation is 3. The number of alkyl halides is 6. The molecular weight excluding hydrogens is 483 g/mol. The Bertz CT molecular complexity index is 1140. The molecule has 1 unspecified atom stereocenters. The molecule has 35 heavy (non-hydrogen) atoms. The average Bonchev–Trinajstić information content (AvgIpc) is 2.77. The van der Waals surface area contributed by atoms with Crippen molar-refractivity contribution in [1.29, 1.82) is 0 Å². The number of rotatable bonds is 8. The molecule has 0 saturated carbocycles. The lowest BCUT2D eigenvalue weighted by Gasteiger charge is -2.24. The molecule has 0 spiro atoms. The molecule has 0 amide bonds. The zero-order chi connectivity index (χ0) is 26.0. The van der Waals surface area contributed by atoms with Crippen LogP contribution in [-0.2, 0) is 25.2 Å². The van der Waals surface area contributed by atoms with Gasteiger partial charge in [-0.1, -0.05) is 49.7 Å². The summed E-state index contributed by atoms with van der Waals surface area (Å²) < 4.78 is 121. The van der Waals surface area contributed by atoms with Crippen LogP contribution in [0, 0.1) is 17.5 Å². The predicted molar refractivity (Wildman–Crippen MR) is 114 cm³/mol. The van der Waals surface area contributed by atoms with Crippen LogP contribution >= 0.6 is 0 Å². The molecule has 0 fully saturated rings. The van der Waals surface area contributed by atoms with Gasteiger partial charge in [-0.3, -0.25) is 0 Å². The predicted octanol–water partition coefficient (Wildman–Crippen LogP) is 8.50. The molecule has 0 aromatic heterocycles. The second kappa shape index (κ2) is 10.3. The van der Waals surface area contributed by atoms with Gasteiger partial charge >= 0.3 is 12.1 Å². The van der Waals surface area contributed by atoms with Crippen molar-refractivity contribution in [2.75, 3.05) is 0 Å². The first-order valence-electron chi connectivity index (χ1n) is 10.8. The zero-order valence-corrected chi connectivity index (χ0v) is 18.5. The fraction of sp³-hybridized carbons (Fsp3) is 0.308. The lowest BCUT2D eigenvalue weighted by atomic mass is 9.95. The van der Waals surface area contributed by atoms with Gasteiger partial charge in [0.1, 0.15) is 17.5 Å². The lowest BCUT2D eigenvalue weighted by Crippen LogP contribution is -2.40. The van der Waals surface area contributed by atoms with Crippen molar-refractivity contribution in [2.24, 2.45) is 0 Å². The summed E-state index contributed by atoms with van der Waals surface area (Å²) in [6.45, 7) is 2.08. The summed E-state index contributed by atoms with van der Waals surface area (Å²) in [7, 11) is 0. The lowest BCUT2D eigenvalue weighted by molar-refractivity contribution is -0.249. The Balaban J connectivity index is 1.81. The maximum atomic E-state index is 14.7. The fourth-order valence-electron chi connectivity index (χ4n) is 3.78. The molecular formula is C26H21F9. The molecule has 0 nitrogen and oxygen atoms in total. The molecule has 0 radical (unpaired) electrons. The smallest absolute Gasteiger partial charge is 0.230 e. The standard InChI is InChI=1S/C26H21F9/c1-2-3-15-4-6-16(7-5-15)8-9-17-10-11-19(20(27)12-17)18-13-21(28)23(22(29)14-18)25(31,32)24(30)26(33,34)35/h4-7,10-14,24H,2-3,8-9H2,1H3. The molecule has 0 heterocycles. The highest BCUT2D eigenvalue weighted by Gasteiger charge is 2.59. The molecule has 3 aromatic rings. The minimum atomic E-state index is -6.04. The Morgan fingerprint density at radius 2 is 1.14 bits per heavy atom. The van der Waals surface area contributed by atoms with Crippen molar-refractivity contribution in [3.63, 3.8) is 0 Å². The number of halogens is 9. The van der Waals surface area contributed by atoms with Crippen molar-refractivity contribution in [3.05, 3.63) is 94.3 Å². The first-order chi connectivity index (χ1) is 16.3. The number of benzene rings is 3. The Labute approximate surface area is 196 Å². The average molecular weight is 504 g/mol. The van der Waals surface area contributed by atoms with Crippen molar-refractivity contribution in [1.82, 2.24) is 0 Å². The molecule has 1 atom stereocenters. The molecule has 0 aliphatic rings. The van der Waals surface area contributed by atoms with Crippen molar-refractivity contribution < 1.29 is 39.5 Å². The molecule has 9 heteroatoms. The van der Waals surface area contributed by atoms with E-state index in [-0.39, 0.29) is 17.7 Å². The van der Waals surface area contributed by atoms with E-state index in [0.717, 1.165) is 24.5 Å². The SMILES string of the molecule is CCCc1ccc(CCc2ccc(-c3cc(F)c(C(F)(F)C(F)C(F)(F)F)c(F)c3)c(F)c2)cc1. The van der Waals surface area contributed by atoms with E-state index in [4.69, 9.17) is 0 Å². The summed E-state index contributed by atoms with van der Waals surface area (Å²) in [6, 6.07) is 12.3. The van der Waals surface area contributed by atoms with Crippen molar-refractivity contribution in [3.8, 4) is 11.1 Å². The molecule has 0 saturated heterocycles. The normalized spacial score (nSPS) is 13.2. The molecule has 0 aliphatic heterocycles. The Hall–Kier alpha value is -2.97. The first kappa shape index (κ1) is 26.6. The van der Waals surface area contributed by atoms with E-state index < -0.39 is 46.8 Å². The van der Waals surface area contributed by atoms with E-state index in [1.165, 1.54) is 17.7 Å². The van der Waals surface area contributed by atoms with E-state index in [2.05, 4.69) is 6.92 Å².